The van der Waals surface area contributed by atoms with Gasteiger partial charge < -0.3 is 0 Å². The summed E-state index contributed by atoms with van der Waals surface area (Å²) in [4.78, 5) is 0. The Balaban J connectivity index is 3.52. The molecule has 0 aliphatic carbocycles. The zero-order valence-corrected chi connectivity index (χ0v) is 5.86. The minimum absolute atomic E-state index is 0.522. The molecule has 0 aromatic carbocycles. The van der Waals surface area contributed by atoms with Crippen molar-refractivity contribution in [1.82, 2.24) is 0 Å². The van der Waals surface area contributed by atoms with E-state index in [1.807, 2.05) is 0 Å². The van der Waals surface area contributed by atoms with Crippen LogP contribution in [-0.2, 0) is 19.4 Å². The molecular weight excluding hydrogens is 112 g/mol. The third-order valence-electron chi connectivity index (χ3n) is 0.608. The van der Waals surface area contributed by atoms with Crippen molar-refractivity contribution in [2.24, 2.45) is 0 Å². The van der Waals surface area contributed by atoms with Crippen molar-refractivity contribution >= 4 is 25.2 Å². The Kier molecular flexibility index (Phi) is 3.89. The molecule has 0 spiro atoms. The standard InChI is InChI=1S/C4H10S2/c1-4-6(3)5-2/h2,4H2,1,3H3. The Hall–Kier alpha value is 0.440. The molecule has 0 heterocycles. The van der Waals surface area contributed by atoms with E-state index in [-0.39, 0.29) is 0 Å². The first-order chi connectivity index (χ1) is 2.81. The lowest BCUT2D eigenvalue weighted by Gasteiger charge is -1.83. The van der Waals surface area contributed by atoms with Gasteiger partial charge in [-0.2, -0.15) is 0 Å². The molecule has 0 aliphatic rings. The smallest absolute Gasteiger partial charge is 0.00600 e. The SMILES string of the molecule is C=S=S(C)CC. The molecule has 38 valence electrons. The van der Waals surface area contributed by atoms with Gasteiger partial charge in [0.15, 0.2) is 0 Å². The van der Waals surface area contributed by atoms with Crippen molar-refractivity contribution < 1.29 is 0 Å². The first-order valence-electron chi connectivity index (χ1n) is 1.86. The second-order valence-corrected chi connectivity index (χ2v) is 5.35. The number of hydrogen-bond acceptors (Lipinski definition) is 0. The monoisotopic (exact) mass is 122 g/mol. The van der Waals surface area contributed by atoms with Crippen LogP contribution in [0.25, 0.3) is 0 Å². The zero-order valence-electron chi connectivity index (χ0n) is 4.23. The van der Waals surface area contributed by atoms with E-state index in [0.717, 1.165) is 0 Å². The van der Waals surface area contributed by atoms with Crippen molar-refractivity contribution in [3.8, 4) is 0 Å². The third kappa shape index (κ3) is 2.67. The van der Waals surface area contributed by atoms with Crippen LogP contribution in [0.1, 0.15) is 6.92 Å². The average molecular weight is 122 g/mol. The van der Waals surface area contributed by atoms with Gasteiger partial charge in [0.25, 0.3) is 0 Å². The summed E-state index contributed by atoms with van der Waals surface area (Å²) in [7, 11) is 2.22. The van der Waals surface area contributed by atoms with Crippen LogP contribution in [0.4, 0.5) is 0 Å². The van der Waals surface area contributed by atoms with Gasteiger partial charge in [-0.15, -0.1) is 19.4 Å². The Morgan fingerprint density at radius 1 is 1.83 bits per heavy atom. The molecule has 0 bridgehead atoms. The second kappa shape index (κ2) is 3.62. The Labute approximate surface area is 44.7 Å². The number of hydrogen-bond donors (Lipinski definition) is 0. The molecule has 0 aromatic rings. The minimum Gasteiger partial charge on any atom is -0.137 e. The van der Waals surface area contributed by atoms with Crippen molar-refractivity contribution in [2.75, 3.05) is 12.0 Å². The van der Waals surface area contributed by atoms with E-state index in [2.05, 4.69) is 19.0 Å². The molecule has 0 fully saturated rings. The normalized spacial score (nSPS) is 13.7. The lowest BCUT2D eigenvalue weighted by Crippen LogP contribution is -1.83. The topological polar surface area (TPSA) is 0 Å². The Bertz CT molecular complexity index is 79.5. The molecule has 1 unspecified atom stereocenters. The molecule has 0 aromatic heterocycles. The molecule has 0 amide bonds. The van der Waals surface area contributed by atoms with Crippen LogP contribution in [0.2, 0.25) is 0 Å². The second-order valence-electron chi connectivity index (χ2n) is 0.980. The van der Waals surface area contributed by atoms with Crippen molar-refractivity contribution in [3.63, 3.8) is 0 Å². The van der Waals surface area contributed by atoms with E-state index in [0.29, 0.717) is 9.45 Å². The molecule has 1 atom stereocenters. The molecule has 0 saturated heterocycles. The van der Waals surface area contributed by atoms with Crippen LogP contribution in [0.5, 0.6) is 0 Å². The first-order valence-corrected chi connectivity index (χ1v) is 5.16. The highest BCUT2D eigenvalue weighted by atomic mass is 32.8. The summed E-state index contributed by atoms with van der Waals surface area (Å²) < 4.78 is 0. The Morgan fingerprint density at radius 3 is 2.33 bits per heavy atom. The fraction of sp³-hybridized carbons (Fsp3) is 0.750. The average Bonchev–Trinajstić information content (AvgIpc) is 1.65. The van der Waals surface area contributed by atoms with E-state index < -0.39 is 0 Å². The molecule has 0 aliphatic heterocycles. The van der Waals surface area contributed by atoms with Crippen LogP contribution in [0, 0.1) is 0 Å². The van der Waals surface area contributed by atoms with E-state index in [9.17, 15) is 0 Å². The van der Waals surface area contributed by atoms with Gasteiger partial charge in [-0.3, -0.25) is 0 Å². The highest BCUT2D eigenvalue weighted by Crippen LogP contribution is 1.69. The van der Waals surface area contributed by atoms with E-state index in [1.54, 1.807) is 9.91 Å². The maximum Gasteiger partial charge on any atom is -0.00600 e. The van der Waals surface area contributed by atoms with Crippen molar-refractivity contribution in [3.05, 3.63) is 0 Å². The first kappa shape index (κ1) is 6.44. The molecular formula is C4H10S2. The predicted octanol–water partition coefficient (Wildman–Crippen LogP) is 0.684. The van der Waals surface area contributed by atoms with Gasteiger partial charge in [-0.1, -0.05) is 6.92 Å². The van der Waals surface area contributed by atoms with Crippen LogP contribution >= 0.6 is 0 Å². The van der Waals surface area contributed by atoms with Gasteiger partial charge in [0, 0.05) is 0 Å². The van der Waals surface area contributed by atoms with Crippen molar-refractivity contribution in [2.45, 2.75) is 6.92 Å². The molecule has 0 nitrogen and oxygen atoms in total. The molecule has 6 heavy (non-hydrogen) atoms. The van der Waals surface area contributed by atoms with Gasteiger partial charge in [0.1, 0.15) is 0 Å². The van der Waals surface area contributed by atoms with Crippen LogP contribution in [0.15, 0.2) is 0 Å². The van der Waals surface area contributed by atoms with Crippen LogP contribution in [-0.4, -0.2) is 17.9 Å². The molecule has 2 heteroatoms. The summed E-state index contributed by atoms with van der Waals surface area (Å²) in [5, 5.41) is 0. The highest BCUT2D eigenvalue weighted by Gasteiger charge is 1.68. The minimum atomic E-state index is 0.522. The highest BCUT2D eigenvalue weighted by molar-refractivity contribution is 8.34. The quantitative estimate of drug-likeness (QED) is 0.449. The van der Waals surface area contributed by atoms with E-state index in [1.165, 1.54) is 5.75 Å². The predicted molar refractivity (Wildman–Crippen MR) is 38.3 cm³/mol. The van der Waals surface area contributed by atoms with Gasteiger partial charge in [-0.25, -0.2) is 0 Å². The summed E-state index contributed by atoms with van der Waals surface area (Å²) >= 11 is 0. The van der Waals surface area contributed by atoms with Gasteiger partial charge >= 0.3 is 0 Å². The summed E-state index contributed by atoms with van der Waals surface area (Å²) in [6.45, 7) is 2.18. The largest absolute Gasteiger partial charge is 0.137 e. The lowest BCUT2D eigenvalue weighted by molar-refractivity contribution is 1.53. The van der Waals surface area contributed by atoms with E-state index >= 15 is 0 Å². The van der Waals surface area contributed by atoms with Gasteiger partial charge in [0.05, 0.1) is 0 Å². The van der Waals surface area contributed by atoms with Crippen LogP contribution < -0.4 is 0 Å². The van der Waals surface area contributed by atoms with Gasteiger partial charge in [0.2, 0.25) is 0 Å². The van der Waals surface area contributed by atoms with Gasteiger partial charge in [-0.05, 0) is 17.9 Å². The summed E-state index contributed by atoms with van der Waals surface area (Å²) in [5.74, 6) is 4.94. The van der Waals surface area contributed by atoms with E-state index in [4.69, 9.17) is 0 Å². The third-order valence-corrected chi connectivity index (χ3v) is 3.74. The maximum absolute atomic E-state index is 3.69. The summed E-state index contributed by atoms with van der Waals surface area (Å²) in [5.41, 5.74) is 0. The zero-order chi connectivity index (χ0) is 4.99. The maximum atomic E-state index is 3.69. The molecule has 0 radical (unpaired) electrons. The number of rotatable bonds is 1. The molecule has 0 rings (SSSR count). The summed E-state index contributed by atoms with van der Waals surface area (Å²) in [6.07, 6.45) is 2.21. The summed E-state index contributed by atoms with van der Waals surface area (Å²) in [6, 6.07) is 0. The molecule has 0 saturated carbocycles. The van der Waals surface area contributed by atoms with Crippen LogP contribution in [0.3, 0.4) is 0 Å². The molecule has 0 N–H and O–H groups in total. The lowest BCUT2D eigenvalue weighted by atomic mass is 11.0. The fourth-order valence-electron chi connectivity index (χ4n) is 0.0833. The van der Waals surface area contributed by atoms with Crippen molar-refractivity contribution in [1.29, 1.82) is 0 Å². The Morgan fingerprint density at radius 2 is 2.33 bits per heavy atom. The fourth-order valence-corrected chi connectivity index (χ4v) is 0.750.